The molecule has 0 aliphatic rings. The molecule has 52 heavy (non-hydrogen) atoms. The summed E-state index contributed by atoms with van der Waals surface area (Å²) in [5.41, 5.74) is 14.8. The van der Waals surface area contributed by atoms with Gasteiger partial charge in [0, 0.05) is 45.9 Å². The first kappa shape index (κ1) is 31.3. The van der Waals surface area contributed by atoms with Gasteiger partial charge in [-0.05, 0) is 117 Å². The fourth-order valence-electron chi connectivity index (χ4n) is 7.34. The minimum Gasteiger partial charge on any atom is -0.344 e. The van der Waals surface area contributed by atoms with Gasteiger partial charge in [-0.3, -0.25) is 0 Å². The highest BCUT2D eigenvalue weighted by atomic mass is 19.1. The molecule has 0 aliphatic heterocycles. The van der Waals surface area contributed by atoms with Crippen molar-refractivity contribution in [2.45, 2.75) is 0 Å². The monoisotopic (exact) mass is 670 g/mol. The van der Waals surface area contributed by atoms with Crippen LogP contribution in [-0.4, -0.2) is 4.57 Å². The summed E-state index contributed by atoms with van der Waals surface area (Å²) in [5, 5.41) is 2.50. The third-order valence-electron chi connectivity index (χ3n) is 10.1. The highest BCUT2D eigenvalue weighted by Gasteiger charge is 2.15. The highest BCUT2D eigenvalue weighted by molar-refractivity contribution is 6.10. The maximum absolute atomic E-state index is 13.6. The maximum Gasteiger partial charge on any atom is 0.123 e. The van der Waals surface area contributed by atoms with Crippen LogP contribution in [0.1, 0.15) is 0 Å². The summed E-state index contributed by atoms with van der Waals surface area (Å²) in [4.78, 5) is 2.28. The second-order valence-corrected chi connectivity index (χ2v) is 13.2. The van der Waals surface area contributed by atoms with E-state index in [1.54, 1.807) is 0 Å². The number of nitrogens with zero attached hydrogens (tertiary/aromatic N) is 2. The maximum atomic E-state index is 13.6. The second-order valence-electron chi connectivity index (χ2n) is 13.2. The van der Waals surface area contributed by atoms with Crippen LogP contribution in [-0.2, 0) is 7.05 Å². The van der Waals surface area contributed by atoms with Crippen molar-refractivity contribution in [3.63, 3.8) is 0 Å². The van der Waals surface area contributed by atoms with Crippen molar-refractivity contribution in [1.29, 1.82) is 0 Å². The summed E-state index contributed by atoms with van der Waals surface area (Å²) >= 11 is 0. The molecule has 2 nitrogen and oxygen atoms in total. The number of hydrogen-bond acceptors (Lipinski definition) is 1. The van der Waals surface area contributed by atoms with Crippen LogP contribution >= 0.6 is 0 Å². The molecule has 0 fully saturated rings. The van der Waals surface area contributed by atoms with E-state index < -0.39 is 0 Å². The number of halogens is 1. The van der Waals surface area contributed by atoms with Crippen molar-refractivity contribution < 1.29 is 4.39 Å². The average Bonchev–Trinajstić information content (AvgIpc) is 3.49. The SMILES string of the molecule is Cn1c2ccc(-c3ccccc3)cc2c2cc(-c3ccc(N(c4ccc(-c5ccccc5)cc4)c4ccc(-c5ccc(F)cc5)cc4)cc3)ccc21. The molecule has 0 bridgehead atoms. The van der Waals surface area contributed by atoms with Crippen LogP contribution in [0.5, 0.6) is 0 Å². The summed E-state index contributed by atoms with van der Waals surface area (Å²) < 4.78 is 15.9. The Morgan fingerprint density at radius 2 is 0.654 bits per heavy atom. The number of rotatable bonds is 7. The Bertz CT molecular complexity index is 2640. The molecule has 0 atom stereocenters. The van der Waals surface area contributed by atoms with E-state index in [1.807, 2.05) is 18.2 Å². The van der Waals surface area contributed by atoms with Crippen LogP contribution in [0.2, 0.25) is 0 Å². The van der Waals surface area contributed by atoms with Crippen molar-refractivity contribution in [3.8, 4) is 44.5 Å². The Kier molecular flexibility index (Phi) is 7.94. The second kappa shape index (κ2) is 13.2. The zero-order chi connectivity index (χ0) is 35.0. The van der Waals surface area contributed by atoms with Gasteiger partial charge < -0.3 is 9.47 Å². The predicted octanol–water partition coefficient (Wildman–Crippen LogP) is 13.6. The molecule has 0 N–H and O–H groups in total. The molecule has 0 unspecified atom stereocenters. The molecule has 0 saturated carbocycles. The van der Waals surface area contributed by atoms with Gasteiger partial charge in [0.15, 0.2) is 0 Å². The van der Waals surface area contributed by atoms with Gasteiger partial charge in [0.25, 0.3) is 0 Å². The van der Waals surface area contributed by atoms with Gasteiger partial charge >= 0.3 is 0 Å². The molecule has 0 spiro atoms. The lowest BCUT2D eigenvalue weighted by atomic mass is 10.00. The molecule has 0 aliphatic carbocycles. The Labute approximate surface area is 303 Å². The molecule has 1 heterocycles. The van der Waals surface area contributed by atoms with E-state index in [1.165, 1.54) is 61.8 Å². The number of aryl methyl sites for hydroxylation is 1. The Hall–Kier alpha value is -6.71. The minimum atomic E-state index is -0.233. The van der Waals surface area contributed by atoms with Crippen LogP contribution in [0.4, 0.5) is 21.5 Å². The number of hydrogen-bond donors (Lipinski definition) is 0. The molecule has 8 aromatic carbocycles. The zero-order valence-corrected chi connectivity index (χ0v) is 28.7. The molecule has 9 aromatic rings. The third kappa shape index (κ3) is 5.82. The minimum absolute atomic E-state index is 0.233. The largest absolute Gasteiger partial charge is 0.344 e. The first-order chi connectivity index (χ1) is 25.6. The molecule has 3 heteroatoms. The molecular formula is C49H35FN2. The Balaban J connectivity index is 1.09. The normalized spacial score (nSPS) is 11.3. The van der Waals surface area contributed by atoms with Crippen molar-refractivity contribution in [3.05, 3.63) is 200 Å². The number of benzene rings is 8. The van der Waals surface area contributed by atoms with Crippen molar-refractivity contribution in [2.75, 3.05) is 4.90 Å². The van der Waals surface area contributed by atoms with Gasteiger partial charge in [0.1, 0.15) is 5.82 Å². The predicted molar refractivity (Wildman–Crippen MR) is 217 cm³/mol. The molecule has 0 amide bonds. The van der Waals surface area contributed by atoms with Crippen molar-refractivity contribution in [2.24, 2.45) is 7.05 Å². The molecule has 0 radical (unpaired) electrons. The standard InChI is InChI=1S/C49H35FN2/c1-51-48-30-20-40(35-10-6-3-7-11-35)32-46(48)47-33-41(21-31-49(47)51)39-18-28-45(29-19-39)52(43-24-14-37(15-25-43)34-8-4-2-5-9-34)44-26-16-38(17-27-44)36-12-22-42(50)23-13-36/h2-33H,1H3. The first-order valence-corrected chi connectivity index (χ1v) is 17.6. The first-order valence-electron chi connectivity index (χ1n) is 17.6. The van der Waals surface area contributed by atoms with E-state index in [0.717, 1.165) is 33.8 Å². The third-order valence-corrected chi connectivity index (χ3v) is 10.1. The molecule has 0 saturated heterocycles. The zero-order valence-electron chi connectivity index (χ0n) is 28.7. The van der Waals surface area contributed by atoms with Crippen molar-refractivity contribution >= 4 is 38.9 Å². The lowest BCUT2D eigenvalue weighted by Gasteiger charge is -2.26. The molecular weight excluding hydrogens is 636 g/mol. The topological polar surface area (TPSA) is 8.17 Å². The lowest BCUT2D eigenvalue weighted by molar-refractivity contribution is 0.628. The summed E-state index contributed by atoms with van der Waals surface area (Å²) in [5.74, 6) is -0.233. The van der Waals surface area contributed by atoms with Crippen molar-refractivity contribution in [1.82, 2.24) is 4.57 Å². The summed E-state index contributed by atoms with van der Waals surface area (Å²) in [6, 6.07) is 67.3. The van der Waals surface area contributed by atoms with Gasteiger partial charge in [-0.1, -0.05) is 121 Å². The Morgan fingerprint density at radius 1 is 0.346 bits per heavy atom. The van der Waals surface area contributed by atoms with Crippen LogP contribution in [0.15, 0.2) is 194 Å². The highest BCUT2D eigenvalue weighted by Crippen LogP contribution is 2.39. The fourth-order valence-corrected chi connectivity index (χ4v) is 7.34. The summed E-state index contributed by atoms with van der Waals surface area (Å²) in [6.07, 6.45) is 0. The molecule has 248 valence electrons. The fraction of sp³-hybridized carbons (Fsp3) is 0.0204. The van der Waals surface area contributed by atoms with Gasteiger partial charge in [-0.2, -0.15) is 0 Å². The Morgan fingerprint density at radius 3 is 1.06 bits per heavy atom. The van der Waals surface area contributed by atoms with E-state index in [-0.39, 0.29) is 5.82 Å². The van der Waals surface area contributed by atoms with Crippen LogP contribution < -0.4 is 4.90 Å². The lowest BCUT2D eigenvalue weighted by Crippen LogP contribution is -2.09. The molecule has 1 aromatic heterocycles. The number of anilines is 3. The van der Waals surface area contributed by atoms with E-state index in [4.69, 9.17) is 0 Å². The van der Waals surface area contributed by atoms with E-state index in [0.29, 0.717) is 0 Å². The van der Waals surface area contributed by atoms with Crippen LogP contribution in [0.25, 0.3) is 66.3 Å². The van der Waals surface area contributed by atoms with Gasteiger partial charge in [0.05, 0.1) is 0 Å². The quantitative estimate of drug-likeness (QED) is 0.164. The van der Waals surface area contributed by atoms with E-state index >= 15 is 0 Å². The summed E-state index contributed by atoms with van der Waals surface area (Å²) in [7, 11) is 2.15. The van der Waals surface area contributed by atoms with Gasteiger partial charge in [0.2, 0.25) is 0 Å². The average molecular weight is 671 g/mol. The molecule has 9 rings (SSSR count). The number of fused-ring (bicyclic) bond motifs is 3. The number of aromatic nitrogens is 1. The van der Waals surface area contributed by atoms with E-state index in [9.17, 15) is 4.39 Å². The van der Waals surface area contributed by atoms with Gasteiger partial charge in [-0.25, -0.2) is 4.39 Å². The summed E-state index contributed by atoms with van der Waals surface area (Å²) in [6.45, 7) is 0. The van der Waals surface area contributed by atoms with Crippen LogP contribution in [0.3, 0.4) is 0 Å². The smallest absolute Gasteiger partial charge is 0.123 e. The van der Waals surface area contributed by atoms with Crippen LogP contribution in [0, 0.1) is 5.82 Å². The van der Waals surface area contributed by atoms with Gasteiger partial charge in [-0.15, -0.1) is 0 Å². The van der Waals surface area contributed by atoms with E-state index in [2.05, 4.69) is 180 Å².